The molecule has 2 atom stereocenters. The molecular formula is C12H15NO4. The van der Waals surface area contributed by atoms with Crippen molar-refractivity contribution in [2.24, 2.45) is 0 Å². The van der Waals surface area contributed by atoms with Crippen molar-refractivity contribution in [1.82, 2.24) is 5.32 Å². The van der Waals surface area contributed by atoms with Crippen molar-refractivity contribution in [2.45, 2.75) is 19.1 Å². The molecule has 0 fully saturated rings. The summed E-state index contributed by atoms with van der Waals surface area (Å²) in [5.74, 6) is -1.09. The molecule has 17 heavy (non-hydrogen) atoms. The van der Waals surface area contributed by atoms with Gasteiger partial charge in [0.25, 0.3) is 0 Å². The lowest BCUT2D eigenvalue weighted by Gasteiger charge is -2.21. The average molecular weight is 237 g/mol. The molecule has 0 spiro atoms. The van der Waals surface area contributed by atoms with Crippen LogP contribution in [0.2, 0.25) is 0 Å². The maximum atomic E-state index is 11.5. The molecule has 0 aliphatic heterocycles. The van der Waals surface area contributed by atoms with E-state index < -0.39 is 24.0 Å². The van der Waals surface area contributed by atoms with Crippen molar-refractivity contribution in [2.75, 3.05) is 7.11 Å². The van der Waals surface area contributed by atoms with E-state index in [9.17, 15) is 14.7 Å². The van der Waals surface area contributed by atoms with Crippen LogP contribution in [0.5, 0.6) is 0 Å². The molecule has 0 aliphatic rings. The average Bonchev–Trinajstić information content (AvgIpc) is 2.35. The molecular weight excluding hydrogens is 222 g/mol. The third-order valence-corrected chi connectivity index (χ3v) is 2.27. The van der Waals surface area contributed by atoms with E-state index in [2.05, 4.69) is 10.1 Å². The second-order valence-electron chi connectivity index (χ2n) is 3.56. The van der Waals surface area contributed by atoms with E-state index in [-0.39, 0.29) is 0 Å². The summed E-state index contributed by atoms with van der Waals surface area (Å²) in [6.07, 6.45) is -1.13. The van der Waals surface area contributed by atoms with E-state index >= 15 is 0 Å². The lowest BCUT2D eigenvalue weighted by Crippen LogP contribution is -2.44. The van der Waals surface area contributed by atoms with Crippen LogP contribution < -0.4 is 5.32 Å². The Morgan fingerprint density at radius 2 is 1.88 bits per heavy atom. The molecule has 1 aromatic rings. The maximum Gasteiger partial charge on any atom is 0.331 e. The summed E-state index contributed by atoms with van der Waals surface area (Å²) < 4.78 is 4.54. The molecule has 5 heteroatoms. The standard InChI is InChI=1S/C12H15NO4/c1-8(14)13-10(12(16)17-2)11(15)9-6-4-3-5-7-9/h3-7,10-11,15H,1-2H3,(H,13,14)/t10-,11+/m1/s1. The SMILES string of the molecule is COC(=O)[C@H](NC(C)=O)[C@@H](O)c1ccccc1. The Kier molecular flexibility index (Phi) is 4.66. The predicted molar refractivity (Wildman–Crippen MR) is 61.0 cm³/mol. The fourth-order valence-corrected chi connectivity index (χ4v) is 1.46. The minimum absolute atomic E-state index is 0.407. The number of benzene rings is 1. The van der Waals surface area contributed by atoms with Gasteiger partial charge in [-0.25, -0.2) is 4.79 Å². The summed E-state index contributed by atoms with van der Waals surface area (Å²) >= 11 is 0. The molecule has 0 heterocycles. The number of ether oxygens (including phenoxy) is 1. The van der Waals surface area contributed by atoms with Crippen molar-refractivity contribution in [3.8, 4) is 0 Å². The van der Waals surface area contributed by atoms with Gasteiger partial charge >= 0.3 is 5.97 Å². The number of rotatable bonds is 4. The van der Waals surface area contributed by atoms with Crippen molar-refractivity contribution in [3.63, 3.8) is 0 Å². The van der Waals surface area contributed by atoms with Gasteiger partial charge in [-0.3, -0.25) is 4.79 Å². The summed E-state index contributed by atoms with van der Waals surface area (Å²) in [5, 5.41) is 12.4. The molecule has 0 bridgehead atoms. The summed E-state index contributed by atoms with van der Waals surface area (Å²) in [6, 6.07) is 7.51. The Balaban J connectivity index is 2.90. The first kappa shape index (κ1) is 13.2. The number of carbonyl (C=O) groups is 2. The Labute approximate surface area is 99.4 Å². The Hall–Kier alpha value is -1.88. The van der Waals surface area contributed by atoms with Crippen LogP contribution in [0, 0.1) is 0 Å². The summed E-state index contributed by atoms with van der Waals surface area (Å²) in [6.45, 7) is 1.27. The first-order chi connectivity index (χ1) is 8.06. The van der Waals surface area contributed by atoms with Crippen LogP contribution in [0.4, 0.5) is 0 Å². The molecule has 1 amide bonds. The van der Waals surface area contributed by atoms with Gasteiger partial charge in [-0.1, -0.05) is 30.3 Å². The van der Waals surface area contributed by atoms with Crippen LogP contribution in [0.15, 0.2) is 30.3 Å². The van der Waals surface area contributed by atoms with E-state index in [1.165, 1.54) is 14.0 Å². The van der Waals surface area contributed by atoms with Gasteiger partial charge in [0.1, 0.15) is 6.10 Å². The number of methoxy groups -OCH3 is 1. The van der Waals surface area contributed by atoms with E-state index in [1.807, 2.05) is 0 Å². The first-order valence-electron chi connectivity index (χ1n) is 5.14. The van der Waals surface area contributed by atoms with Gasteiger partial charge in [0.05, 0.1) is 7.11 Å². The minimum atomic E-state index is -1.13. The van der Waals surface area contributed by atoms with Crippen LogP contribution in [0.3, 0.4) is 0 Å². The highest BCUT2D eigenvalue weighted by Crippen LogP contribution is 2.17. The van der Waals surface area contributed by atoms with Crippen molar-refractivity contribution in [3.05, 3.63) is 35.9 Å². The van der Waals surface area contributed by atoms with Gasteiger partial charge in [0.15, 0.2) is 6.04 Å². The molecule has 92 valence electrons. The molecule has 0 aromatic heterocycles. The van der Waals surface area contributed by atoms with Crippen LogP contribution in [0.1, 0.15) is 18.6 Å². The van der Waals surface area contributed by atoms with E-state index in [4.69, 9.17) is 0 Å². The number of aliphatic hydroxyl groups is 1. The van der Waals surface area contributed by atoms with Gasteiger partial charge in [-0.15, -0.1) is 0 Å². The number of carbonyl (C=O) groups excluding carboxylic acids is 2. The Morgan fingerprint density at radius 3 is 2.35 bits per heavy atom. The van der Waals surface area contributed by atoms with Crippen molar-refractivity contribution in [1.29, 1.82) is 0 Å². The number of esters is 1. The van der Waals surface area contributed by atoms with Gasteiger partial charge in [-0.2, -0.15) is 0 Å². The fourth-order valence-electron chi connectivity index (χ4n) is 1.46. The Bertz CT molecular complexity index is 391. The monoisotopic (exact) mass is 237 g/mol. The quantitative estimate of drug-likeness (QED) is 0.743. The molecule has 5 nitrogen and oxygen atoms in total. The van der Waals surface area contributed by atoms with Crippen LogP contribution in [-0.4, -0.2) is 30.1 Å². The third kappa shape index (κ3) is 3.57. The molecule has 2 N–H and O–H groups in total. The normalized spacial score (nSPS) is 13.6. The molecule has 0 aliphatic carbocycles. The first-order valence-corrected chi connectivity index (χ1v) is 5.14. The predicted octanol–water partition coefficient (Wildman–Crippen LogP) is 0.398. The highest BCUT2D eigenvalue weighted by atomic mass is 16.5. The van der Waals surface area contributed by atoms with Crippen molar-refractivity contribution >= 4 is 11.9 Å². The number of nitrogens with one attached hydrogen (secondary N) is 1. The zero-order valence-corrected chi connectivity index (χ0v) is 9.71. The van der Waals surface area contributed by atoms with Crippen molar-refractivity contribution < 1.29 is 19.4 Å². The largest absolute Gasteiger partial charge is 0.467 e. The summed E-state index contributed by atoms with van der Waals surface area (Å²) in [5.41, 5.74) is 0.539. The van der Waals surface area contributed by atoms with Crippen LogP contribution in [-0.2, 0) is 14.3 Å². The maximum absolute atomic E-state index is 11.5. The zero-order chi connectivity index (χ0) is 12.8. The molecule has 0 radical (unpaired) electrons. The number of hydrogen-bond donors (Lipinski definition) is 2. The fraction of sp³-hybridized carbons (Fsp3) is 0.333. The molecule has 0 saturated heterocycles. The van der Waals surface area contributed by atoms with Crippen LogP contribution in [0.25, 0.3) is 0 Å². The van der Waals surface area contributed by atoms with E-state index in [1.54, 1.807) is 30.3 Å². The third-order valence-electron chi connectivity index (χ3n) is 2.27. The van der Waals surface area contributed by atoms with Gasteiger partial charge in [0.2, 0.25) is 5.91 Å². The van der Waals surface area contributed by atoms with E-state index in [0.29, 0.717) is 5.56 Å². The summed E-state index contributed by atoms with van der Waals surface area (Å²) in [4.78, 5) is 22.4. The lowest BCUT2D eigenvalue weighted by atomic mass is 10.0. The molecule has 1 rings (SSSR count). The summed E-state index contributed by atoms with van der Waals surface area (Å²) in [7, 11) is 1.20. The highest BCUT2D eigenvalue weighted by molar-refractivity contribution is 5.83. The number of amides is 1. The van der Waals surface area contributed by atoms with E-state index in [0.717, 1.165) is 0 Å². The number of aliphatic hydroxyl groups excluding tert-OH is 1. The minimum Gasteiger partial charge on any atom is -0.467 e. The molecule has 0 saturated carbocycles. The topological polar surface area (TPSA) is 75.6 Å². The highest BCUT2D eigenvalue weighted by Gasteiger charge is 2.29. The van der Waals surface area contributed by atoms with Gasteiger partial charge in [-0.05, 0) is 5.56 Å². The number of hydrogen-bond acceptors (Lipinski definition) is 4. The Morgan fingerprint density at radius 1 is 1.29 bits per heavy atom. The molecule has 0 unspecified atom stereocenters. The van der Waals surface area contributed by atoms with Gasteiger partial charge < -0.3 is 15.2 Å². The van der Waals surface area contributed by atoms with Crippen LogP contribution >= 0.6 is 0 Å². The second-order valence-corrected chi connectivity index (χ2v) is 3.56. The van der Waals surface area contributed by atoms with Gasteiger partial charge in [0, 0.05) is 6.92 Å². The smallest absolute Gasteiger partial charge is 0.331 e. The second kappa shape index (κ2) is 6.00. The lowest BCUT2D eigenvalue weighted by molar-refractivity contribution is -0.148. The molecule has 1 aromatic carbocycles. The zero-order valence-electron chi connectivity index (χ0n) is 9.71.